The van der Waals surface area contributed by atoms with E-state index in [2.05, 4.69) is 33.0 Å². The zero-order valence-corrected chi connectivity index (χ0v) is 12.6. The van der Waals surface area contributed by atoms with Crippen LogP contribution in [0.3, 0.4) is 0 Å². The van der Waals surface area contributed by atoms with Gasteiger partial charge in [0.15, 0.2) is 0 Å². The van der Waals surface area contributed by atoms with Crippen LogP contribution in [0.5, 0.6) is 5.75 Å². The first kappa shape index (κ1) is 12.3. The molecule has 0 N–H and O–H groups in total. The predicted octanol–water partition coefficient (Wildman–Crippen LogP) is 4.32. The lowest BCUT2D eigenvalue weighted by molar-refractivity contribution is 0.303. The van der Waals surface area contributed by atoms with Crippen molar-refractivity contribution in [2.75, 3.05) is 0 Å². The minimum absolute atomic E-state index is 0.421. The average molecular weight is 331 g/mol. The molecule has 3 nitrogen and oxygen atoms in total. The molecule has 2 aliphatic carbocycles. The normalized spacial score (nSPS) is 18.1. The summed E-state index contributed by atoms with van der Waals surface area (Å²) in [6.45, 7) is 0. The SMILES string of the molecule is Brc1cc(-c2cccc(OC3CC3)c2)nc(C2CC2)n1. The van der Waals surface area contributed by atoms with Crippen LogP contribution in [0.15, 0.2) is 34.9 Å². The summed E-state index contributed by atoms with van der Waals surface area (Å²) in [5.74, 6) is 2.45. The molecular formula is C16H15BrN2O. The van der Waals surface area contributed by atoms with Crippen molar-refractivity contribution in [1.82, 2.24) is 9.97 Å². The van der Waals surface area contributed by atoms with Gasteiger partial charge in [0.1, 0.15) is 16.2 Å². The zero-order valence-electron chi connectivity index (χ0n) is 11.1. The number of rotatable bonds is 4. The Morgan fingerprint density at radius 1 is 1.05 bits per heavy atom. The first-order valence-electron chi connectivity index (χ1n) is 7.09. The molecule has 2 fully saturated rings. The van der Waals surface area contributed by atoms with Crippen molar-refractivity contribution in [2.24, 2.45) is 0 Å². The molecule has 102 valence electrons. The Labute approximate surface area is 126 Å². The molecule has 2 saturated carbocycles. The Morgan fingerprint density at radius 2 is 1.90 bits per heavy atom. The molecule has 0 amide bonds. The third-order valence-corrected chi connectivity index (χ3v) is 4.02. The number of hydrogen-bond donors (Lipinski definition) is 0. The number of benzene rings is 1. The van der Waals surface area contributed by atoms with E-state index in [-0.39, 0.29) is 0 Å². The third kappa shape index (κ3) is 2.70. The molecule has 0 saturated heterocycles. The fraction of sp³-hybridized carbons (Fsp3) is 0.375. The molecule has 0 aliphatic heterocycles. The Kier molecular flexibility index (Phi) is 2.99. The molecule has 2 aliphatic rings. The van der Waals surface area contributed by atoms with Gasteiger partial charge in [-0.15, -0.1) is 0 Å². The Morgan fingerprint density at radius 3 is 2.65 bits per heavy atom. The first-order valence-corrected chi connectivity index (χ1v) is 7.89. The van der Waals surface area contributed by atoms with Gasteiger partial charge in [0.2, 0.25) is 0 Å². The lowest BCUT2D eigenvalue weighted by Gasteiger charge is -2.08. The fourth-order valence-electron chi connectivity index (χ4n) is 2.21. The van der Waals surface area contributed by atoms with E-state index >= 15 is 0 Å². The van der Waals surface area contributed by atoms with Crippen molar-refractivity contribution in [3.05, 3.63) is 40.8 Å². The van der Waals surface area contributed by atoms with Crippen LogP contribution in [0.1, 0.15) is 37.4 Å². The second-order valence-corrected chi connectivity index (χ2v) is 6.37. The Bertz CT molecular complexity index is 651. The van der Waals surface area contributed by atoms with Crippen molar-refractivity contribution in [1.29, 1.82) is 0 Å². The second kappa shape index (κ2) is 4.85. The van der Waals surface area contributed by atoms with Gasteiger partial charge in [0, 0.05) is 11.5 Å². The van der Waals surface area contributed by atoms with Crippen molar-refractivity contribution in [2.45, 2.75) is 37.7 Å². The standard InChI is InChI=1S/C16H15BrN2O/c17-15-9-14(18-16(19-15)10-4-5-10)11-2-1-3-13(8-11)20-12-6-7-12/h1-3,8-10,12H,4-7H2. The minimum Gasteiger partial charge on any atom is -0.490 e. The number of nitrogens with zero attached hydrogens (tertiary/aromatic N) is 2. The summed E-state index contributed by atoms with van der Waals surface area (Å²) in [6.07, 6.45) is 5.19. The van der Waals surface area contributed by atoms with E-state index in [1.807, 2.05) is 18.2 Å². The van der Waals surface area contributed by atoms with E-state index in [0.717, 1.165) is 27.4 Å². The molecule has 2 aromatic rings. The van der Waals surface area contributed by atoms with Crippen molar-refractivity contribution in [3.8, 4) is 17.0 Å². The van der Waals surface area contributed by atoms with Gasteiger partial charge in [0.25, 0.3) is 0 Å². The Balaban J connectivity index is 1.68. The van der Waals surface area contributed by atoms with E-state index < -0.39 is 0 Å². The Hall–Kier alpha value is -1.42. The van der Waals surface area contributed by atoms with E-state index in [1.54, 1.807) is 0 Å². The molecule has 0 bridgehead atoms. The minimum atomic E-state index is 0.421. The van der Waals surface area contributed by atoms with Crippen LogP contribution in [0.25, 0.3) is 11.3 Å². The summed E-state index contributed by atoms with van der Waals surface area (Å²) in [4.78, 5) is 9.18. The van der Waals surface area contributed by atoms with Gasteiger partial charge in [-0.25, -0.2) is 9.97 Å². The molecular weight excluding hydrogens is 316 g/mol. The topological polar surface area (TPSA) is 35.0 Å². The molecule has 1 aromatic heterocycles. The van der Waals surface area contributed by atoms with Crippen LogP contribution in [-0.4, -0.2) is 16.1 Å². The van der Waals surface area contributed by atoms with Crippen LogP contribution in [0.2, 0.25) is 0 Å². The van der Waals surface area contributed by atoms with Gasteiger partial charge in [-0.1, -0.05) is 12.1 Å². The molecule has 1 heterocycles. The van der Waals surface area contributed by atoms with Gasteiger partial charge >= 0.3 is 0 Å². The van der Waals surface area contributed by atoms with Crippen LogP contribution in [0, 0.1) is 0 Å². The maximum Gasteiger partial charge on any atom is 0.133 e. The van der Waals surface area contributed by atoms with Gasteiger partial charge in [-0.05, 0) is 59.8 Å². The lowest BCUT2D eigenvalue weighted by Crippen LogP contribution is -1.98. The molecule has 1 aromatic carbocycles. The smallest absolute Gasteiger partial charge is 0.133 e. The van der Waals surface area contributed by atoms with Crippen LogP contribution in [0.4, 0.5) is 0 Å². The summed E-state index contributed by atoms with van der Waals surface area (Å²) in [5.41, 5.74) is 2.06. The second-order valence-electron chi connectivity index (χ2n) is 5.55. The fourth-order valence-corrected chi connectivity index (χ4v) is 2.61. The number of halogens is 1. The van der Waals surface area contributed by atoms with Crippen molar-refractivity contribution < 1.29 is 4.74 Å². The molecule has 4 heteroatoms. The molecule has 4 rings (SSSR count). The highest BCUT2D eigenvalue weighted by Gasteiger charge is 2.27. The number of ether oxygens (including phenoxy) is 1. The zero-order chi connectivity index (χ0) is 13.5. The van der Waals surface area contributed by atoms with Gasteiger partial charge in [-0.2, -0.15) is 0 Å². The molecule has 0 atom stereocenters. The van der Waals surface area contributed by atoms with E-state index in [1.165, 1.54) is 25.7 Å². The van der Waals surface area contributed by atoms with Crippen LogP contribution in [-0.2, 0) is 0 Å². The quantitative estimate of drug-likeness (QED) is 0.783. The maximum atomic E-state index is 5.85. The molecule has 0 unspecified atom stereocenters. The van der Waals surface area contributed by atoms with E-state index in [0.29, 0.717) is 12.0 Å². The van der Waals surface area contributed by atoms with Crippen molar-refractivity contribution >= 4 is 15.9 Å². The van der Waals surface area contributed by atoms with Gasteiger partial charge in [0.05, 0.1) is 11.8 Å². The number of aromatic nitrogens is 2. The van der Waals surface area contributed by atoms with Crippen LogP contribution >= 0.6 is 15.9 Å². The highest BCUT2D eigenvalue weighted by molar-refractivity contribution is 9.10. The monoisotopic (exact) mass is 330 g/mol. The first-order chi connectivity index (χ1) is 9.78. The lowest BCUT2D eigenvalue weighted by atomic mass is 10.1. The largest absolute Gasteiger partial charge is 0.490 e. The summed E-state index contributed by atoms with van der Waals surface area (Å²) in [5, 5.41) is 0. The van der Waals surface area contributed by atoms with Crippen LogP contribution < -0.4 is 4.74 Å². The van der Waals surface area contributed by atoms with E-state index in [9.17, 15) is 0 Å². The molecule has 0 radical (unpaired) electrons. The van der Waals surface area contributed by atoms with Gasteiger partial charge in [-0.3, -0.25) is 0 Å². The molecule has 20 heavy (non-hydrogen) atoms. The van der Waals surface area contributed by atoms with Gasteiger partial charge < -0.3 is 4.74 Å². The summed E-state index contributed by atoms with van der Waals surface area (Å²) >= 11 is 3.49. The number of hydrogen-bond acceptors (Lipinski definition) is 3. The molecule has 0 spiro atoms. The summed E-state index contributed by atoms with van der Waals surface area (Å²) < 4.78 is 6.71. The summed E-state index contributed by atoms with van der Waals surface area (Å²) in [6, 6.07) is 10.2. The maximum absolute atomic E-state index is 5.85. The average Bonchev–Trinajstić information content (AvgIpc) is 3.32. The highest BCUT2D eigenvalue weighted by atomic mass is 79.9. The van der Waals surface area contributed by atoms with E-state index in [4.69, 9.17) is 9.72 Å². The van der Waals surface area contributed by atoms with Crippen molar-refractivity contribution in [3.63, 3.8) is 0 Å². The highest BCUT2D eigenvalue weighted by Crippen LogP contribution is 2.39. The summed E-state index contributed by atoms with van der Waals surface area (Å²) in [7, 11) is 0. The third-order valence-electron chi connectivity index (χ3n) is 3.61. The predicted molar refractivity (Wildman–Crippen MR) is 80.8 cm³/mol.